The fourth-order valence-corrected chi connectivity index (χ4v) is 6.38. The van der Waals surface area contributed by atoms with Crippen LogP contribution in [-0.4, -0.2) is 99.4 Å². The molecule has 10 atom stereocenters. The molecule has 0 saturated carbocycles. The van der Waals surface area contributed by atoms with Gasteiger partial charge in [-0.2, -0.15) is 4.98 Å². The average Bonchev–Trinajstić information content (AvgIpc) is 3.71. The third kappa shape index (κ3) is 4.66. The highest BCUT2D eigenvalue weighted by Gasteiger charge is 2.66. The van der Waals surface area contributed by atoms with Crippen LogP contribution in [0.15, 0.2) is 28.6 Å². The molecule has 43 heavy (non-hydrogen) atoms. The number of imidazole rings is 2. The zero-order chi connectivity index (χ0) is 29.9. The van der Waals surface area contributed by atoms with Crippen molar-refractivity contribution in [2.24, 2.45) is 5.92 Å². The van der Waals surface area contributed by atoms with Crippen LogP contribution in [-0.2, 0) is 32.7 Å². The van der Waals surface area contributed by atoms with Gasteiger partial charge < -0.3 is 39.1 Å². The van der Waals surface area contributed by atoms with E-state index in [0.717, 1.165) is 0 Å². The third-order valence-electron chi connectivity index (χ3n) is 7.62. The van der Waals surface area contributed by atoms with Crippen molar-refractivity contribution in [1.29, 1.82) is 0 Å². The average molecular weight is 641 g/mol. The number of aliphatic hydroxyl groups is 1. The number of H-pyrrole nitrogens is 2. The lowest BCUT2D eigenvalue weighted by molar-refractivity contribution is -0.344. The molecular formula is C21H25N9O11P2. The highest BCUT2D eigenvalue weighted by atomic mass is 31.1. The van der Waals surface area contributed by atoms with Gasteiger partial charge in [0.2, 0.25) is 11.7 Å². The summed E-state index contributed by atoms with van der Waals surface area (Å²) in [5, 5.41) is 20.9. The summed E-state index contributed by atoms with van der Waals surface area (Å²) in [4.78, 5) is 50.2. The first-order chi connectivity index (χ1) is 20.8. The monoisotopic (exact) mass is 641 g/mol. The van der Waals surface area contributed by atoms with Gasteiger partial charge in [0.05, 0.1) is 38.3 Å². The number of nitrogens with two attached hydrogens (primary N) is 1. The van der Waals surface area contributed by atoms with E-state index in [2.05, 4.69) is 44.3 Å². The minimum Gasteiger partial charge on any atom is -0.388 e. The number of fused-ring (bicyclic) bond motifs is 3. The van der Waals surface area contributed by atoms with Crippen molar-refractivity contribution >= 4 is 46.8 Å². The minimum absolute atomic E-state index is 0.00145. The Kier molecular flexibility index (Phi) is 7.47. The lowest BCUT2D eigenvalue weighted by Crippen LogP contribution is -2.59. The number of hydrogen-bond donors (Lipinski definition) is 5. The fourth-order valence-electron chi connectivity index (χ4n) is 5.51. The number of aromatic amines is 2. The van der Waals surface area contributed by atoms with E-state index in [4.69, 9.17) is 33.5 Å². The van der Waals surface area contributed by atoms with E-state index in [9.17, 15) is 20.0 Å². The van der Waals surface area contributed by atoms with Gasteiger partial charge in [0.25, 0.3) is 11.1 Å². The van der Waals surface area contributed by atoms with Crippen LogP contribution in [0.3, 0.4) is 0 Å². The van der Waals surface area contributed by atoms with Gasteiger partial charge in [-0.3, -0.25) is 33.5 Å². The molecule has 6 N–H and O–H groups in total. The summed E-state index contributed by atoms with van der Waals surface area (Å²) in [5.41, 5.74) is 5.22. The molecule has 3 aliphatic rings. The van der Waals surface area contributed by atoms with Gasteiger partial charge >= 0.3 is 0 Å². The molecule has 4 aromatic heterocycles. The number of hydrogen-bond acceptors (Lipinski definition) is 16. The number of nitrogens with zero attached hydrogens (tertiary/aromatic N) is 6. The Morgan fingerprint density at radius 2 is 1.91 bits per heavy atom. The van der Waals surface area contributed by atoms with Gasteiger partial charge in [-0.25, -0.2) is 19.8 Å². The van der Waals surface area contributed by atoms with Crippen LogP contribution in [0.1, 0.15) is 12.5 Å². The number of anilines is 1. The molecule has 0 radical (unpaired) electrons. The molecule has 3 saturated heterocycles. The van der Waals surface area contributed by atoms with Gasteiger partial charge in [0.15, 0.2) is 49.9 Å². The Labute approximate surface area is 242 Å². The maximum absolute atomic E-state index is 12.2. The standard InChI is InChI=1S/C21H25N9O11P2/c22-20-27-15-10(17(33)28-20)26-6-30(15)19-12(40-34)13-21(39-19,3-35-13)41-43-37-1-7-8(2-36-42)38-18(11(7)31)29-5-25-9-14(29)23-4-24-16(9)32/h4-8,11-13,18-19,31,34,43H,1-3,42H2,(H,23,24,32)(H3,22,27,28,33)/t7-,8-,11-,12-,13+,18-,19-,21-/m1/s1. The molecular weight excluding hydrogens is 616 g/mol. The van der Waals surface area contributed by atoms with Gasteiger partial charge in [-0.1, -0.05) is 0 Å². The van der Waals surface area contributed by atoms with Crippen molar-refractivity contribution < 1.29 is 43.0 Å². The highest BCUT2D eigenvalue weighted by Crippen LogP contribution is 2.50. The van der Waals surface area contributed by atoms with Crippen molar-refractivity contribution in [2.75, 3.05) is 25.6 Å². The second kappa shape index (κ2) is 11.2. The summed E-state index contributed by atoms with van der Waals surface area (Å²) in [5.74, 6) is -2.05. The van der Waals surface area contributed by atoms with Crippen molar-refractivity contribution in [3.8, 4) is 0 Å². The van der Waals surface area contributed by atoms with Gasteiger partial charge in [0.1, 0.15) is 18.8 Å². The first-order valence-corrected chi connectivity index (χ1v) is 14.1. The Hall–Kier alpha value is -3.00. The second-order valence-corrected chi connectivity index (χ2v) is 11.0. The first-order valence-electron chi connectivity index (χ1n) is 12.8. The molecule has 2 unspecified atom stereocenters. The minimum atomic E-state index is -1.36. The maximum Gasteiger partial charge on any atom is 0.280 e. The summed E-state index contributed by atoms with van der Waals surface area (Å²) in [6, 6.07) is 0. The molecule has 230 valence electrons. The van der Waals surface area contributed by atoms with Crippen LogP contribution in [0.5, 0.6) is 0 Å². The Bertz CT molecular complexity index is 1770. The van der Waals surface area contributed by atoms with E-state index in [0.29, 0.717) is 0 Å². The predicted octanol–water partition coefficient (Wildman–Crippen LogP) is -1.46. The smallest absolute Gasteiger partial charge is 0.280 e. The quantitative estimate of drug-likeness (QED) is 0.0574. The van der Waals surface area contributed by atoms with Crippen molar-refractivity contribution in [3.05, 3.63) is 39.7 Å². The molecule has 3 aliphatic heterocycles. The van der Waals surface area contributed by atoms with Crippen LogP contribution in [0.2, 0.25) is 0 Å². The summed E-state index contributed by atoms with van der Waals surface area (Å²) < 4.78 is 37.7. The zero-order valence-corrected chi connectivity index (χ0v) is 24.0. The van der Waals surface area contributed by atoms with E-state index in [1.165, 1.54) is 28.1 Å². The fraction of sp³-hybridized carbons (Fsp3) is 0.524. The Morgan fingerprint density at radius 1 is 1.14 bits per heavy atom. The van der Waals surface area contributed by atoms with Crippen LogP contribution >= 0.6 is 18.5 Å². The number of rotatable bonds is 10. The molecule has 0 bridgehead atoms. The lowest BCUT2D eigenvalue weighted by Gasteiger charge is -2.42. The van der Waals surface area contributed by atoms with E-state index in [1.54, 1.807) is 0 Å². The summed E-state index contributed by atoms with van der Waals surface area (Å²) in [6.45, 7) is 0.115. The molecule has 0 spiro atoms. The maximum atomic E-state index is 12.2. The van der Waals surface area contributed by atoms with E-state index >= 15 is 0 Å². The highest BCUT2D eigenvalue weighted by molar-refractivity contribution is 7.26. The summed E-state index contributed by atoms with van der Waals surface area (Å²) >= 11 is 0. The van der Waals surface area contributed by atoms with Gasteiger partial charge in [0, 0.05) is 15.4 Å². The molecule has 0 aromatic carbocycles. The molecule has 7 heterocycles. The number of aliphatic hydroxyl groups excluding tert-OH is 1. The van der Waals surface area contributed by atoms with Crippen molar-refractivity contribution in [3.63, 3.8) is 0 Å². The zero-order valence-electron chi connectivity index (χ0n) is 21.8. The molecule has 20 nitrogen and oxygen atoms in total. The number of aromatic nitrogens is 8. The van der Waals surface area contributed by atoms with Crippen LogP contribution in [0.4, 0.5) is 5.95 Å². The number of nitrogens with one attached hydrogen (secondary N) is 2. The van der Waals surface area contributed by atoms with Gasteiger partial charge in [-0.05, 0) is 0 Å². The molecule has 22 heteroatoms. The first kappa shape index (κ1) is 28.8. The van der Waals surface area contributed by atoms with E-state index in [-0.39, 0.29) is 48.1 Å². The SMILES string of the molecule is Nc1nc2c(ncn2[C@@H]2O[C@@]3(OPOC[C@H]4[C@@H](O)[C@H](n5cnc6c(=O)[nH]cnc65)O[C@@H]4COP)CO[C@H]3[C@H]2OO)c(=O)[nH]1. The molecule has 0 amide bonds. The normalized spacial score (nSPS) is 32.3. The predicted molar refractivity (Wildman–Crippen MR) is 145 cm³/mol. The van der Waals surface area contributed by atoms with Crippen LogP contribution in [0.25, 0.3) is 22.3 Å². The third-order valence-corrected chi connectivity index (χ3v) is 8.52. The molecule has 3 fully saturated rings. The second-order valence-electron chi connectivity index (χ2n) is 10.0. The van der Waals surface area contributed by atoms with Crippen molar-refractivity contribution in [2.45, 2.75) is 42.7 Å². The van der Waals surface area contributed by atoms with E-state index < -0.39 is 68.7 Å². The lowest BCUT2D eigenvalue weighted by atomic mass is 9.99. The van der Waals surface area contributed by atoms with E-state index in [1.807, 2.05) is 0 Å². The Morgan fingerprint density at radius 3 is 2.63 bits per heavy atom. The van der Waals surface area contributed by atoms with Crippen LogP contribution in [0, 0.1) is 5.92 Å². The van der Waals surface area contributed by atoms with Gasteiger partial charge in [-0.15, -0.1) is 0 Å². The molecule has 4 aromatic rings. The molecule has 0 aliphatic carbocycles. The largest absolute Gasteiger partial charge is 0.388 e. The molecule has 7 rings (SSSR count). The number of ether oxygens (including phenoxy) is 3. The summed E-state index contributed by atoms with van der Waals surface area (Å²) in [6.07, 6.45) is -1.62. The van der Waals surface area contributed by atoms with Crippen LogP contribution < -0.4 is 16.9 Å². The van der Waals surface area contributed by atoms with Crippen molar-refractivity contribution in [1.82, 2.24) is 39.0 Å². The Balaban J connectivity index is 1.04. The number of nitrogen functional groups attached to an aromatic ring is 1. The topological polar surface area (TPSA) is 258 Å². The summed E-state index contributed by atoms with van der Waals surface area (Å²) in [7, 11) is 1.54.